The van der Waals surface area contributed by atoms with Crippen LogP contribution in [0.1, 0.15) is 26.7 Å². The van der Waals surface area contributed by atoms with Crippen LogP contribution >= 0.6 is 0 Å². The van der Waals surface area contributed by atoms with Crippen LogP contribution in [0.3, 0.4) is 0 Å². The van der Waals surface area contributed by atoms with Gasteiger partial charge in [0.05, 0.1) is 11.5 Å². The molecule has 1 atom stereocenters. The first kappa shape index (κ1) is 12.0. The Hall–Kier alpha value is -1.10. The third-order valence-electron chi connectivity index (χ3n) is 3.38. The fourth-order valence-electron chi connectivity index (χ4n) is 1.80. The van der Waals surface area contributed by atoms with Crippen molar-refractivity contribution in [3.63, 3.8) is 0 Å². The van der Waals surface area contributed by atoms with Crippen molar-refractivity contribution in [1.29, 1.82) is 0 Å². The number of piperidine rings is 1. The van der Waals surface area contributed by atoms with E-state index in [1.807, 2.05) is 4.90 Å². The predicted octanol–water partition coefficient (Wildman–Crippen LogP) is 0.0469. The molecule has 1 amide bonds. The zero-order chi connectivity index (χ0) is 11.6. The van der Waals surface area contributed by atoms with E-state index < -0.39 is 11.4 Å². The minimum absolute atomic E-state index is 0.302. The van der Waals surface area contributed by atoms with E-state index in [9.17, 15) is 9.59 Å². The molecule has 1 unspecified atom stereocenters. The summed E-state index contributed by atoms with van der Waals surface area (Å²) in [6.45, 7) is 4.74. The van der Waals surface area contributed by atoms with E-state index in [-0.39, 0.29) is 11.9 Å². The van der Waals surface area contributed by atoms with Gasteiger partial charge in [0, 0.05) is 0 Å². The van der Waals surface area contributed by atoms with Gasteiger partial charge in [-0.3, -0.25) is 14.5 Å². The van der Waals surface area contributed by atoms with Crippen LogP contribution in [0.15, 0.2) is 0 Å². The lowest BCUT2D eigenvalue weighted by molar-refractivity contribution is -0.151. The molecular formula is C10H18N2O3. The maximum atomic E-state index is 11.0. The van der Waals surface area contributed by atoms with Crippen LogP contribution in [-0.4, -0.2) is 41.0 Å². The quantitative estimate of drug-likeness (QED) is 0.695. The molecule has 1 saturated heterocycles. The average Bonchev–Trinajstić information content (AvgIpc) is 2.17. The van der Waals surface area contributed by atoms with Gasteiger partial charge in [0.25, 0.3) is 0 Å². The Morgan fingerprint density at radius 2 is 1.87 bits per heavy atom. The summed E-state index contributed by atoms with van der Waals surface area (Å²) in [4.78, 5) is 23.9. The van der Waals surface area contributed by atoms with E-state index in [2.05, 4.69) is 0 Å². The molecule has 15 heavy (non-hydrogen) atoms. The molecule has 86 valence electrons. The van der Waals surface area contributed by atoms with Crippen LogP contribution in [0.4, 0.5) is 0 Å². The number of nitrogens with zero attached hydrogens (tertiary/aromatic N) is 1. The van der Waals surface area contributed by atoms with Gasteiger partial charge in [0.2, 0.25) is 5.91 Å². The molecule has 1 heterocycles. The first-order valence-electron chi connectivity index (χ1n) is 5.13. The zero-order valence-electron chi connectivity index (χ0n) is 9.19. The van der Waals surface area contributed by atoms with E-state index in [1.165, 1.54) is 0 Å². The molecule has 1 aliphatic rings. The Bertz CT molecular complexity index is 270. The number of primary amides is 1. The van der Waals surface area contributed by atoms with E-state index in [0.29, 0.717) is 25.9 Å². The van der Waals surface area contributed by atoms with Crippen LogP contribution in [0.5, 0.6) is 0 Å². The van der Waals surface area contributed by atoms with Crippen LogP contribution < -0.4 is 5.73 Å². The first-order chi connectivity index (χ1) is 6.87. The number of nitrogens with two attached hydrogens (primary N) is 1. The van der Waals surface area contributed by atoms with Crippen LogP contribution in [0.2, 0.25) is 0 Å². The van der Waals surface area contributed by atoms with Crippen molar-refractivity contribution in [3.05, 3.63) is 0 Å². The normalized spacial score (nSPS) is 23.3. The number of amides is 1. The summed E-state index contributed by atoms with van der Waals surface area (Å²) < 4.78 is 0. The van der Waals surface area contributed by atoms with Gasteiger partial charge in [-0.15, -0.1) is 0 Å². The predicted molar refractivity (Wildman–Crippen MR) is 55.2 cm³/mol. The highest BCUT2D eigenvalue weighted by atomic mass is 16.4. The highest BCUT2D eigenvalue weighted by Crippen LogP contribution is 2.31. The third kappa shape index (κ3) is 2.47. The lowest BCUT2D eigenvalue weighted by Gasteiger charge is -2.38. The summed E-state index contributed by atoms with van der Waals surface area (Å²) >= 11 is 0. The Labute approximate surface area is 89.2 Å². The molecule has 1 aliphatic heterocycles. The molecule has 0 saturated carbocycles. The van der Waals surface area contributed by atoms with Gasteiger partial charge >= 0.3 is 5.97 Å². The highest BCUT2D eigenvalue weighted by Gasteiger charge is 2.38. The second-order valence-corrected chi connectivity index (χ2v) is 4.48. The molecule has 1 rings (SSSR count). The Morgan fingerprint density at radius 3 is 2.20 bits per heavy atom. The second kappa shape index (κ2) is 4.18. The largest absolute Gasteiger partial charge is 0.481 e. The third-order valence-corrected chi connectivity index (χ3v) is 3.38. The Morgan fingerprint density at radius 1 is 1.40 bits per heavy atom. The number of rotatable bonds is 3. The number of carboxylic acids is 1. The van der Waals surface area contributed by atoms with Crippen molar-refractivity contribution in [2.75, 3.05) is 13.1 Å². The maximum Gasteiger partial charge on any atom is 0.309 e. The summed E-state index contributed by atoms with van der Waals surface area (Å²) in [5, 5.41) is 9.02. The van der Waals surface area contributed by atoms with Crippen molar-refractivity contribution in [2.24, 2.45) is 11.1 Å². The van der Waals surface area contributed by atoms with Crippen LogP contribution in [0.25, 0.3) is 0 Å². The van der Waals surface area contributed by atoms with E-state index >= 15 is 0 Å². The molecule has 5 nitrogen and oxygen atoms in total. The van der Waals surface area contributed by atoms with Crippen molar-refractivity contribution in [2.45, 2.75) is 32.7 Å². The summed E-state index contributed by atoms with van der Waals surface area (Å²) in [7, 11) is 0. The monoisotopic (exact) mass is 214 g/mol. The number of carboxylic acid groups (broad SMARTS) is 1. The maximum absolute atomic E-state index is 11.0. The SMILES string of the molecule is CC(C(N)=O)N1CCC(C)(C(=O)O)CC1. The van der Waals surface area contributed by atoms with Crippen molar-refractivity contribution in [1.82, 2.24) is 4.90 Å². The molecule has 0 spiro atoms. The molecule has 1 fully saturated rings. The number of likely N-dealkylation sites (tertiary alicyclic amines) is 1. The summed E-state index contributed by atoms with van der Waals surface area (Å²) in [6, 6.07) is -0.302. The number of carbonyl (C=O) groups excluding carboxylic acids is 1. The zero-order valence-corrected chi connectivity index (χ0v) is 9.19. The van der Waals surface area contributed by atoms with E-state index in [1.54, 1.807) is 13.8 Å². The minimum Gasteiger partial charge on any atom is -0.481 e. The van der Waals surface area contributed by atoms with Gasteiger partial charge in [0.1, 0.15) is 0 Å². The standard InChI is InChI=1S/C10H18N2O3/c1-7(8(11)13)12-5-3-10(2,4-6-12)9(14)15/h7H,3-6H2,1-2H3,(H2,11,13)(H,14,15). The van der Waals surface area contributed by atoms with Gasteiger partial charge < -0.3 is 10.8 Å². The fourth-order valence-corrected chi connectivity index (χ4v) is 1.80. The molecule has 0 aliphatic carbocycles. The van der Waals surface area contributed by atoms with Gasteiger partial charge in [-0.2, -0.15) is 0 Å². The summed E-state index contributed by atoms with van der Waals surface area (Å²) in [5.74, 6) is -1.11. The number of hydrogen-bond acceptors (Lipinski definition) is 3. The first-order valence-corrected chi connectivity index (χ1v) is 5.13. The average molecular weight is 214 g/mol. The lowest BCUT2D eigenvalue weighted by Crippen LogP contribution is -2.50. The molecule has 3 N–H and O–H groups in total. The smallest absolute Gasteiger partial charge is 0.309 e. The number of hydrogen-bond donors (Lipinski definition) is 2. The second-order valence-electron chi connectivity index (χ2n) is 4.48. The topological polar surface area (TPSA) is 83.6 Å². The number of aliphatic carboxylic acids is 1. The molecule has 0 aromatic rings. The van der Waals surface area contributed by atoms with Gasteiger partial charge in [-0.25, -0.2) is 0 Å². The van der Waals surface area contributed by atoms with Crippen molar-refractivity contribution < 1.29 is 14.7 Å². The van der Waals surface area contributed by atoms with Crippen molar-refractivity contribution in [3.8, 4) is 0 Å². The van der Waals surface area contributed by atoms with E-state index in [0.717, 1.165) is 0 Å². The van der Waals surface area contributed by atoms with Crippen molar-refractivity contribution >= 4 is 11.9 Å². The molecule has 0 aromatic carbocycles. The minimum atomic E-state index is -0.756. The Balaban J connectivity index is 2.56. The van der Waals surface area contributed by atoms with Crippen LogP contribution in [0, 0.1) is 5.41 Å². The highest BCUT2D eigenvalue weighted by molar-refractivity contribution is 5.79. The Kier molecular flexibility index (Phi) is 3.34. The van der Waals surface area contributed by atoms with Gasteiger partial charge in [0.15, 0.2) is 0 Å². The molecule has 5 heteroatoms. The fraction of sp³-hybridized carbons (Fsp3) is 0.800. The summed E-state index contributed by atoms with van der Waals surface area (Å²) in [5.41, 5.74) is 4.55. The van der Waals surface area contributed by atoms with Gasteiger partial charge in [-0.05, 0) is 39.8 Å². The lowest BCUT2D eigenvalue weighted by atomic mass is 9.80. The van der Waals surface area contributed by atoms with Gasteiger partial charge in [-0.1, -0.05) is 0 Å². The molecule has 0 aromatic heterocycles. The van der Waals surface area contributed by atoms with E-state index in [4.69, 9.17) is 10.8 Å². The summed E-state index contributed by atoms with van der Waals surface area (Å²) in [6.07, 6.45) is 1.14. The molecule has 0 radical (unpaired) electrons. The molecular weight excluding hydrogens is 196 g/mol. The number of carbonyl (C=O) groups is 2. The molecule has 0 bridgehead atoms. The van der Waals surface area contributed by atoms with Crippen LogP contribution in [-0.2, 0) is 9.59 Å².